The first-order valence-electron chi connectivity index (χ1n) is 6.99. The van der Waals surface area contributed by atoms with Crippen LogP contribution in [0.4, 0.5) is 4.39 Å². The third-order valence-corrected chi connectivity index (χ3v) is 4.19. The average Bonchev–Trinajstić information content (AvgIpc) is 2.42. The smallest absolute Gasteiger partial charge is 0.123 e. The van der Waals surface area contributed by atoms with Crippen LogP contribution in [0.2, 0.25) is 0 Å². The maximum atomic E-state index is 13.0. The highest BCUT2D eigenvalue weighted by molar-refractivity contribution is 5.20. The standard InChI is InChI=1S/C15H23FN2O/c1-18(13-4-2-3-5-15(13)19)14(10-17)11-6-8-12(16)9-7-11/h6-9,13-15,19H,2-5,10,17H2,1H3. The maximum Gasteiger partial charge on any atom is 0.123 e. The number of likely N-dealkylation sites (N-methyl/N-ethyl adjacent to an activating group) is 1. The van der Waals surface area contributed by atoms with E-state index in [1.807, 2.05) is 7.05 Å². The molecule has 3 atom stereocenters. The van der Waals surface area contributed by atoms with E-state index in [2.05, 4.69) is 4.90 Å². The van der Waals surface area contributed by atoms with Crippen molar-refractivity contribution in [1.82, 2.24) is 4.90 Å². The fourth-order valence-corrected chi connectivity index (χ4v) is 3.02. The molecule has 1 aliphatic rings. The van der Waals surface area contributed by atoms with Crippen LogP contribution in [-0.2, 0) is 0 Å². The number of nitrogens with two attached hydrogens (primary N) is 1. The molecule has 1 aromatic rings. The summed E-state index contributed by atoms with van der Waals surface area (Å²) in [6, 6.07) is 6.65. The second-order valence-electron chi connectivity index (χ2n) is 5.39. The number of aliphatic hydroxyl groups is 1. The van der Waals surface area contributed by atoms with Crippen LogP contribution in [0.1, 0.15) is 37.3 Å². The quantitative estimate of drug-likeness (QED) is 0.877. The molecule has 0 aliphatic heterocycles. The molecule has 3 N–H and O–H groups in total. The predicted molar refractivity (Wildman–Crippen MR) is 74.2 cm³/mol. The van der Waals surface area contributed by atoms with Gasteiger partial charge in [0.15, 0.2) is 0 Å². The monoisotopic (exact) mass is 266 g/mol. The van der Waals surface area contributed by atoms with Crippen molar-refractivity contribution in [2.24, 2.45) is 5.73 Å². The van der Waals surface area contributed by atoms with Gasteiger partial charge in [0, 0.05) is 18.6 Å². The van der Waals surface area contributed by atoms with Gasteiger partial charge in [-0.2, -0.15) is 0 Å². The van der Waals surface area contributed by atoms with E-state index in [1.54, 1.807) is 12.1 Å². The Morgan fingerprint density at radius 1 is 1.32 bits per heavy atom. The number of aliphatic hydroxyl groups excluding tert-OH is 1. The first-order valence-corrected chi connectivity index (χ1v) is 6.99. The first kappa shape index (κ1) is 14.4. The van der Waals surface area contributed by atoms with Crippen molar-refractivity contribution >= 4 is 0 Å². The summed E-state index contributed by atoms with van der Waals surface area (Å²) in [6.07, 6.45) is 3.81. The molecule has 1 aliphatic carbocycles. The minimum atomic E-state index is -0.284. The average molecular weight is 266 g/mol. The van der Waals surface area contributed by atoms with Gasteiger partial charge in [-0.15, -0.1) is 0 Å². The second-order valence-corrected chi connectivity index (χ2v) is 5.39. The molecule has 3 unspecified atom stereocenters. The molecule has 3 nitrogen and oxygen atoms in total. The summed E-state index contributed by atoms with van der Waals surface area (Å²) in [7, 11) is 2.00. The molecule has 0 radical (unpaired) electrons. The summed E-state index contributed by atoms with van der Waals surface area (Å²) in [5, 5.41) is 10.1. The highest BCUT2D eigenvalue weighted by atomic mass is 19.1. The Bertz CT molecular complexity index is 396. The number of benzene rings is 1. The van der Waals surface area contributed by atoms with E-state index in [0.717, 1.165) is 31.2 Å². The lowest BCUT2D eigenvalue weighted by atomic mass is 9.90. The summed E-state index contributed by atoms with van der Waals surface area (Å²) in [5.74, 6) is -0.236. The van der Waals surface area contributed by atoms with Crippen molar-refractivity contribution in [2.75, 3.05) is 13.6 Å². The van der Waals surface area contributed by atoms with E-state index in [-0.39, 0.29) is 24.0 Å². The van der Waals surface area contributed by atoms with E-state index in [9.17, 15) is 9.50 Å². The highest BCUT2D eigenvalue weighted by Gasteiger charge is 2.30. The van der Waals surface area contributed by atoms with Gasteiger partial charge in [-0.25, -0.2) is 4.39 Å². The van der Waals surface area contributed by atoms with Crippen LogP contribution in [0.5, 0.6) is 0 Å². The third kappa shape index (κ3) is 3.32. The Kier molecular flexibility index (Phi) is 4.91. The molecule has 0 aromatic heterocycles. The minimum absolute atomic E-state index is 0.0262. The van der Waals surface area contributed by atoms with Gasteiger partial charge in [0.25, 0.3) is 0 Å². The fraction of sp³-hybridized carbons (Fsp3) is 0.600. The molecule has 106 valence electrons. The maximum absolute atomic E-state index is 13.0. The van der Waals surface area contributed by atoms with E-state index in [1.165, 1.54) is 12.1 Å². The van der Waals surface area contributed by atoms with Crippen molar-refractivity contribution in [3.05, 3.63) is 35.6 Å². The van der Waals surface area contributed by atoms with Gasteiger partial charge in [0.1, 0.15) is 5.82 Å². The molecule has 0 heterocycles. The molecule has 1 saturated carbocycles. The van der Waals surface area contributed by atoms with E-state index >= 15 is 0 Å². The minimum Gasteiger partial charge on any atom is -0.391 e. The molecule has 1 fully saturated rings. The molecule has 0 amide bonds. The summed E-state index contributed by atoms with van der Waals surface area (Å²) < 4.78 is 13.0. The van der Waals surface area contributed by atoms with Gasteiger partial charge < -0.3 is 10.8 Å². The number of hydrogen-bond acceptors (Lipinski definition) is 3. The lowest BCUT2D eigenvalue weighted by Crippen LogP contribution is -2.46. The van der Waals surface area contributed by atoms with Crippen molar-refractivity contribution in [1.29, 1.82) is 0 Å². The number of halogens is 1. The van der Waals surface area contributed by atoms with Crippen LogP contribution in [-0.4, -0.2) is 35.7 Å². The molecule has 0 spiro atoms. The molecule has 19 heavy (non-hydrogen) atoms. The molecular formula is C15H23FN2O. The normalized spacial score (nSPS) is 25.5. The summed E-state index contributed by atoms with van der Waals surface area (Å²) in [6.45, 7) is 0.464. The molecule has 0 saturated heterocycles. The Hall–Kier alpha value is -0.970. The van der Waals surface area contributed by atoms with Crippen LogP contribution in [0.15, 0.2) is 24.3 Å². The SMILES string of the molecule is CN(C(CN)c1ccc(F)cc1)C1CCCCC1O. The number of nitrogens with zero attached hydrogens (tertiary/aromatic N) is 1. The zero-order chi connectivity index (χ0) is 13.8. The topological polar surface area (TPSA) is 49.5 Å². The Morgan fingerprint density at radius 2 is 1.95 bits per heavy atom. The van der Waals surface area contributed by atoms with Crippen molar-refractivity contribution in [2.45, 2.75) is 43.9 Å². The summed E-state index contributed by atoms with van der Waals surface area (Å²) in [4.78, 5) is 2.15. The summed E-state index contributed by atoms with van der Waals surface area (Å²) >= 11 is 0. The molecule has 0 bridgehead atoms. The van der Waals surface area contributed by atoms with Gasteiger partial charge in [-0.05, 0) is 37.6 Å². The van der Waals surface area contributed by atoms with Crippen LogP contribution in [0.3, 0.4) is 0 Å². The van der Waals surface area contributed by atoms with Gasteiger partial charge in [0.2, 0.25) is 0 Å². The van der Waals surface area contributed by atoms with Gasteiger partial charge in [-0.1, -0.05) is 25.0 Å². The molecule has 4 heteroatoms. The Balaban J connectivity index is 2.13. The zero-order valence-electron chi connectivity index (χ0n) is 11.4. The zero-order valence-corrected chi connectivity index (χ0v) is 11.4. The van der Waals surface area contributed by atoms with Crippen LogP contribution in [0, 0.1) is 5.82 Å². The van der Waals surface area contributed by atoms with Gasteiger partial charge in [-0.3, -0.25) is 4.90 Å². The lowest BCUT2D eigenvalue weighted by molar-refractivity contribution is 0.0137. The van der Waals surface area contributed by atoms with Crippen LogP contribution >= 0.6 is 0 Å². The molecular weight excluding hydrogens is 243 g/mol. The van der Waals surface area contributed by atoms with E-state index in [4.69, 9.17) is 5.73 Å². The predicted octanol–water partition coefficient (Wildman–Crippen LogP) is 2.06. The second kappa shape index (κ2) is 6.46. The van der Waals surface area contributed by atoms with Gasteiger partial charge >= 0.3 is 0 Å². The van der Waals surface area contributed by atoms with Gasteiger partial charge in [0.05, 0.1) is 6.10 Å². The largest absolute Gasteiger partial charge is 0.391 e. The Labute approximate surface area is 114 Å². The first-order chi connectivity index (χ1) is 9.13. The molecule has 2 rings (SSSR count). The lowest BCUT2D eigenvalue weighted by Gasteiger charge is -2.39. The van der Waals surface area contributed by atoms with E-state index < -0.39 is 0 Å². The number of hydrogen-bond donors (Lipinski definition) is 2. The van der Waals surface area contributed by atoms with Crippen LogP contribution < -0.4 is 5.73 Å². The van der Waals surface area contributed by atoms with Crippen molar-refractivity contribution in [3.63, 3.8) is 0 Å². The third-order valence-electron chi connectivity index (χ3n) is 4.19. The Morgan fingerprint density at radius 3 is 2.53 bits per heavy atom. The van der Waals surface area contributed by atoms with Crippen molar-refractivity contribution < 1.29 is 9.50 Å². The number of rotatable bonds is 4. The van der Waals surface area contributed by atoms with Crippen LogP contribution in [0.25, 0.3) is 0 Å². The fourth-order valence-electron chi connectivity index (χ4n) is 3.02. The molecule has 1 aromatic carbocycles. The summed E-state index contributed by atoms with van der Waals surface area (Å²) in [5.41, 5.74) is 6.88. The van der Waals surface area contributed by atoms with Crippen molar-refractivity contribution in [3.8, 4) is 0 Å². The highest BCUT2D eigenvalue weighted by Crippen LogP contribution is 2.28. The van der Waals surface area contributed by atoms with E-state index in [0.29, 0.717) is 6.54 Å².